The van der Waals surface area contributed by atoms with Crippen LogP contribution >= 0.6 is 23.5 Å². The topological polar surface area (TPSA) is 35.5 Å². The van der Waals surface area contributed by atoms with E-state index < -0.39 is 0 Å². The Morgan fingerprint density at radius 3 is 2.32 bits per heavy atom. The summed E-state index contributed by atoms with van der Waals surface area (Å²) in [5.74, 6) is 4.95. The molecule has 2 heterocycles. The number of aliphatic hydroxyl groups is 1. The molecule has 112 valence electrons. The Labute approximate surface area is 126 Å². The van der Waals surface area contributed by atoms with Gasteiger partial charge in [-0.1, -0.05) is 12.8 Å². The Hall–Kier alpha value is 0.580. The summed E-state index contributed by atoms with van der Waals surface area (Å²) in [5, 5.41) is 13.7. The van der Waals surface area contributed by atoms with E-state index in [4.69, 9.17) is 0 Å². The highest BCUT2D eigenvalue weighted by molar-refractivity contribution is 8.03. The first-order chi connectivity index (χ1) is 9.34. The van der Waals surface area contributed by atoms with Crippen LogP contribution in [0.1, 0.15) is 25.7 Å². The Morgan fingerprint density at radius 2 is 1.68 bits per heavy atom. The molecule has 5 heteroatoms. The van der Waals surface area contributed by atoms with E-state index in [1.165, 1.54) is 61.8 Å². The molecular formula is C14H28N2OS2. The summed E-state index contributed by atoms with van der Waals surface area (Å²) in [7, 11) is 0. The maximum absolute atomic E-state index is 10.2. The third kappa shape index (κ3) is 6.71. The first kappa shape index (κ1) is 16.0. The number of nitrogens with zero attached hydrogens (tertiary/aromatic N) is 1. The number of aliphatic hydroxyl groups excluding tert-OH is 1. The monoisotopic (exact) mass is 304 g/mol. The van der Waals surface area contributed by atoms with Crippen molar-refractivity contribution in [3.8, 4) is 0 Å². The minimum Gasteiger partial charge on any atom is -0.390 e. The number of nitrogens with one attached hydrogen (secondary N) is 1. The lowest BCUT2D eigenvalue weighted by atomic mass is 10.2. The Bertz CT molecular complexity index is 227. The van der Waals surface area contributed by atoms with Gasteiger partial charge in [-0.2, -0.15) is 23.5 Å². The zero-order chi connectivity index (χ0) is 13.3. The molecule has 2 fully saturated rings. The molecule has 0 saturated carbocycles. The van der Waals surface area contributed by atoms with Crippen molar-refractivity contribution in [2.45, 2.75) is 37.8 Å². The molecule has 0 aromatic heterocycles. The molecule has 0 aromatic carbocycles. The van der Waals surface area contributed by atoms with Gasteiger partial charge in [-0.05, 0) is 25.9 Å². The van der Waals surface area contributed by atoms with Crippen molar-refractivity contribution in [2.24, 2.45) is 0 Å². The van der Waals surface area contributed by atoms with Gasteiger partial charge in [0.1, 0.15) is 0 Å². The lowest BCUT2D eigenvalue weighted by molar-refractivity contribution is 0.111. The molecular weight excluding hydrogens is 276 g/mol. The van der Waals surface area contributed by atoms with Gasteiger partial charge in [-0.15, -0.1) is 0 Å². The van der Waals surface area contributed by atoms with E-state index in [1.807, 2.05) is 23.5 Å². The van der Waals surface area contributed by atoms with Gasteiger partial charge in [-0.3, -0.25) is 0 Å². The van der Waals surface area contributed by atoms with Crippen LogP contribution in [0, 0.1) is 0 Å². The molecule has 2 rings (SSSR count). The lowest BCUT2D eigenvalue weighted by Crippen LogP contribution is -2.43. The van der Waals surface area contributed by atoms with E-state index in [-0.39, 0.29) is 6.10 Å². The van der Waals surface area contributed by atoms with Crippen LogP contribution in [0.5, 0.6) is 0 Å². The van der Waals surface area contributed by atoms with Crippen LogP contribution in [-0.2, 0) is 0 Å². The zero-order valence-corrected chi connectivity index (χ0v) is 13.5. The highest BCUT2D eigenvalue weighted by Crippen LogP contribution is 2.16. The Morgan fingerprint density at radius 1 is 1.05 bits per heavy atom. The number of hydrogen-bond donors (Lipinski definition) is 2. The van der Waals surface area contributed by atoms with E-state index >= 15 is 0 Å². The fraction of sp³-hybridized carbons (Fsp3) is 1.00. The van der Waals surface area contributed by atoms with Gasteiger partial charge in [-0.25, -0.2) is 0 Å². The molecule has 0 radical (unpaired) electrons. The quantitative estimate of drug-likeness (QED) is 0.808. The number of hydrogen-bond acceptors (Lipinski definition) is 5. The fourth-order valence-corrected chi connectivity index (χ4v) is 5.18. The first-order valence-electron chi connectivity index (χ1n) is 7.64. The van der Waals surface area contributed by atoms with Crippen LogP contribution in [0.25, 0.3) is 0 Å². The molecule has 2 aliphatic heterocycles. The molecule has 2 saturated heterocycles. The predicted molar refractivity (Wildman–Crippen MR) is 87.4 cm³/mol. The second-order valence-electron chi connectivity index (χ2n) is 5.62. The van der Waals surface area contributed by atoms with Crippen LogP contribution < -0.4 is 5.32 Å². The van der Waals surface area contributed by atoms with E-state index in [1.54, 1.807) is 0 Å². The molecule has 0 amide bonds. The lowest BCUT2D eigenvalue weighted by Gasteiger charge is -2.25. The molecule has 0 aromatic rings. The summed E-state index contributed by atoms with van der Waals surface area (Å²) in [6, 6.07) is 0.580. The van der Waals surface area contributed by atoms with Gasteiger partial charge in [0.2, 0.25) is 0 Å². The molecule has 2 N–H and O–H groups in total. The highest BCUT2D eigenvalue weighted by atomic mass is 32.2. The van der Waals surface area contributed by atoms with E-state index in [0.717, 1.165) is 13.1 Å². The maximum atomic E-state index is 10.2. The third-order valence-corrected chi connectivity index (χ3v) is 6.34. The predicted octanol–water partition coefficient (Wildman–Crippen LogP) is 1.66. The van der Waals surface area contributed by atoms with E-state index in [2.05, 4.69) is 10.2 Å². The van der Waals surface area contributed by atoms with Crippen LogP contribution in [0.3, 0.4) is 0 Å². The van der Waals surface area contributed by atoms with E-state index in [9.17, 15) is 5.11 Å². The van der Waals surface area contributed by atoms with Gasteiger partial charge in [0, 0.05) is 42.1 Å². The summed E-state index contributed by atoms with van der Waals surface area (Å²) in [4.78, 5) is 2.44. The van der Waals surface area contributed by atoms with Crippen molar-refractivity contribution >= 4 is 23.5 Å². The largest absolute Gasteiger partial charge is 0.390 e. The minimum absolute atomic E-state index is 0.212. The second-order valence-corrected chi connectivity index (χ2v) is 7.92. The van der Waals surface area contributed by atoms with Gasteiger partial charge in [0.15, 0.2) is 0 Å². The first-order valence-corrected chi connectivity index (χ1v) is 9.95. The molecule has 19 heavy (non-hydrogen) atoms. The van der Waals surface area contributed by atoms with Crippen molar-refractivity contribution in [2.75, 3.05) is 49.2 Å². The standard InChI is InChI=1S/C14H28N2OS2/c17-14(10-16-5-3-1-2-4-6-16)9-15-13-11-18-7-8-19-12-13/h13-15,17H,1-12H2. The molecule has 0 spiro atoms. The summed E-state index contributed by atoms with van der Waals surface area (Å²) in [6.45, 7) is 3.95. The van der Waals surface area contributed by atoms with Crippen LogP contribution in [0.2, 0.25) is 0 Å². The zero-order valence-electron chi connectivity index (χ0n) is 11.9. The summed E-state index contributed by atoms with van der Waals surface area (Å²) < 4.78 is 0. The van der Waals surface area contributed by atoms with Crippen molar-refractivity contribution in [1.29, 1.82) is 0 Å². The number of thioether (sulfide) groups is 2. The third-order valence-electron chi connectivity index (χ3n) is 3.82. The molecule has 2 aliphatic rings. The van der Waals surface area contributed by atoms with Crippen molar-refractivity contribution < 1.29 is 5.11 Å². The van der Waals surface area contributed by atoms with Gasteiger partial charge < -0.3 is 15.3 Å². The molecule has 3 nitrogen and oxygen atoms in total. The van der Waals surface area contributed by atoms with Crippen LogP contribution in [-0.4, -0.2) is 71.3 Å². The SMILES string of the molecule is OC(CNC1CSCCSC1)CN1CCCCCC1. The average molecular weight is 305 g/mol. The van der Waals surface area contributed by atoms with Crippen molar-refractivity contribution in [3.05, 3.63) is 0 Å². The normalized spacial score (nSPS) is 25.7. The Kier molecular flexibility index (Phi) is 7.98. The summed E-state index contributed by atoms with van der Waals surface area (Å²) >= 11 is 4.08. The minimum atomic E-state index is -0.212. The maximum Gasteiger partial charge on any atom is 0.0791 e. The van der Waals surface area contributed by atoms with Crippen LogP contribution in [0.4, 0.5) is 0 Å². The number of likely N-dealkylation sites (tertiary alicyclic amines) is 1. The van der Waals surface area contributed by atoms with Gasteiger partial charge >= 0.3 is 0 Å². The Balaban J connectivity index is 1.61. The molecule has 1 atom stereocenters. The highest BCUT2D eigenvalue weighted by Gasteiger charge is 2.16. The van der Waals surface area contributed by atoms with Gasteiger partial charge in [0.05, 0.1) is 6.10 Å². The summed E-state index contributed by atoms with van der Waals surface area (Å²) in [6.07, 6.45) is 5.12. The second kappa shape index (κ2) is 9.50. The van der Waals surface area contributed by atoms with Crippen molar-refractivity contribution in [1.82, 2.24) is 10.2 Å². The number of β-amino-alcohol motifs (C(OH)–C–C–N with tert-alkyl or cyclic N) is 1. The molecule has 1 unspecified atom stereocenters. The fourth-order valence-electron chi connectivity index (χ4n) is 2.72. The summed E-state index contributed by atoms with van der Waals surface area (Å²) in [5.41, 5.74) is 0. The number of rotatable bonds is 5. The molecule has 0 bridgehead atoms. The van der Waals surface area contributed by atoms with E-state index in [0.29, 0.717) is 6.04 Å². The average Bonchev–Trinajstić information content (AvgIpc) is 2.80. The smallest absolute Gasteiger partial charge is 0.0791 e. The van der Waals surface area contributed by atoms with Crippen molar-refractivity contribution in [3.63, 3.8) is 0 Å². The van der Waals surface area contributed by atoms with Crippen LogP contribution in [0.15, 0.2) is 0 Å². The molecule has 0 aliphatic carbocycles. The van der Waals surface area contributed by atoms with Gasteiger partial charge in [0.25, 0.3) is 0 Å².